The summed E-state index contributed by atoms with van der Waals surface area (Å²) in [5.74, 6) is -0.973. The number of amides is 2. The Bertz CT molecular complexity index is 1140. The number of hydrogen-bond acceptors (Lipinski definition) is 4. The molecule has 0 heterocycles. The van der Waals surface area contributed by atoms with E-state index in [1.807, 2.05) is 6.92 Å². The molecule has 2 rings (SSSR count). The van der Waals surface area contributed by atoms with Crippen molar-refractivity contribution >= 4 is 73.9 Å². The molecule has 0 aliphatic rings. The van der Waals surface area contributed by atoms with Crippen molar-refractivity contribution in [3.05, 3.63) is 62.1 Å². The van der Waals surface area contributed by atoms with Gasteiger partial charge in [0.15, 0.2) is 0 Å². The van der Waals surface area contributed by atoms with Crippen LogP contribution >= 0.6 is 46.4 Å². The molecular formula is C22H25Cl4N3O4S. The van der Waals surface area contributed by atoms with Gasteiger partial charge in [0, 0.05) is 23.1 Å². The predicted octanol–water partition coefficient (Wildman–Crippen LogP) is 5.01. The SMILES string of the molecule is CCCNC(=O)[C@@H](C)N(Cc1ccc(Cl)c(Cl)c1)C(=O)CN(c1cc(Cl)cc(Cl)c1)S(C)(=O)=O. The fourth-order valence-corrected chi connectivity index (χ4v) is 4.78. The maximum atomic E-state index is 13.4. The minimum atomic E-state index is -3.90. The maximum Gasteiger partial charge on any atom is 0.244 e. The smallest absolute Gasteiger partial charge is 0.244 e. The van der Waals surface area contributed by atoms with Crippen LogP contribution in [0.4, 0.5) is 5.69 Å². The zero-order valence-corrected chi connectivity index (χ0v) is 22.7. The Balaban J connectivity index is 2.42. The second kappa shape index (κ2) is 12.3. The Morgan fingerprint density at radius 2 is 1.62 bits per heavy atom. The van der Waals surface area contributed by atoms with Crippen LogP contribution in [0.25, 0.3) is 0 Å². The van der Waals surface area contributed by atoms with Crippen LogP contribution in [0.5, 0.6) is 0 Å². The summed E-state index contributed by atoms with van der Waals surface area (Å²) in [6.07, 6.45) is 1.69. The third-order valence-corrected chi connectivity index (χ3v) is 7.18. The largest absolute Gasteiger partial charge is 0.354 e. The van der Waals surface area contributed by atoms with Crippen molar-refractivity contribution in [3.63, 3.8) is 0 Å². The monoisotopic (exact) mass is 567 g/mol. The molecule has 2 amide bonds. The lowest BCUT2D eigenvalue weighted by Crippen LogP contribution is -2.51. The second-order valence-electron chi connectivity index (χ2n) is 7.63. The van der Waals surface area contributed by atoms with E-state index in [4.69, 9.17) is 46.4 Å². The summed E-state index contributed by atoms with van der Waals surface area (Å²) < 4.78 is 26.0. The molecule has 0 bridgehead atoms. The van der Waals surface area contributed by atoms with Gasteiger partial charge in [-0.1, -0.05) is 59.4 Å². The van der Waals surface area contributed by atoms with E-state index in [0.29, 0.717) is 22.2 Å². The summed E-state index contributed by atoms with van der Waals surface area (Å²) in [6, 6.07) is 8.19. The van der Waals surface area contributed by atoms with Gasteiger partial charge in [0.25, 0.3) is 0 Å². The molecule has 34 heavy (non-hydrogen) atoms. The molecule has 0 radical (unpaired) electrons. The number of carbonyl (C=O) groups excluding carboxylic acids is 2. The summed E-state index contributed by atoms with van der Waals surface area (Å²) in [5, 5.41) is 3.82. The minimum Gasteiger partial charge on any atom is -0.354 e. The van der Waals surface area contributed by atoms with Crippen molar-refractivity contribution in [1.29, 1.82) is 0 Å². The molecule has 7 nitrogen and oxygen atoms in total. The van der Waals surface area contributed by atoms with Crippen molar-refractivity contribution in [1.82, 2.24) is 10.2 Å². The van der Waals surface area contributed by atoms with Crippen LogP contribution in [-0.2, 0) is 26.2 Å². The Morgan fingerprint density at radius 3 is 2.15 bits per heavy atom. The highest BCUT2D eigenvalue weighted by Gasteiger charge is 2.30. The highest BCUT2D eigenvalue weighted by Crippen LogP contribution is 2.28. The number of rotatable bonds is 10. The van der Waals surface area contributed by atoms with Crippen LogP contribution in [0.2, 0.25) is 20.1 Å². The summed E-state index contributed by atoms with van der Waals surface area (Å²) in [4.78, 5) is 27.4. The first-order valence-electron chi connectivity index (χ1n) is 10.3. The van der Waals surface area contributed by atoms with E-state index in [-0.39, 0.29) is 28.2 Å². The number of benzene rings is 2. The number of nitrogens with zero attached hydrogens (tertiary/aromatic N) is 2. The first-order valence-corrected chi connectivity index (χ1v) is 13.6. The molecule has 186 valence electrons. The topological polar surface area (TPSA) is 86.8 Å². The molecule has 0 fully saturated rings. The number of carbonyl (C=O) groups is 2. The van der Waals surface area contributed by atoms with Gasteiger partial charge in [-0.3, -0.25) is 13.9 Å². The van der Waals surface area contributed by atoms with E-state index >= 15 is 0 Å². The third kappa shape index (κ3) is 7.92. The molecular weight excluding hydrogens is 544 g/mol. The van der Waals surface area contributed by atoms with Gasteiger partial charge in [-0.05, 0) is 49.2 Å². The molecule has 1 N–H and O–H groups in total. The summed E-state index contributed by atoms with van der Waals surface area (Å²) in [5.41, 5.74) is 0.750. The van der Waals surface area contributed by atoms with Gasteiger partial charge < -0.3 is 10.2 Å². The van der Waals surface area contributed by atoms with E-state index in [2.05, 4.69) is 5.32 Å². The van der Waals surface area contributed by atoms with Gasteiger partial charge >= 0.3 is 0 Å². The average Bonchev–Trinajstić information content (AvgIpc) is 2.74. The Labute approximate surface area is 220 Å². The fraction of sp³-hybridized carbons (Fsp3) is 0.364. The highest BCUT2D eigenvalue weighted by molar-refractivity contribution is 7.92. The van der Waals surface area contributed by atoms with Crippen molar-refractivity contribution < 1.29 is 18.0 Å². The number of hydrogen-bond donors (Lipinski definition) is 1. The van der Waals surface area contributed by atoms with Crippen LogP contribution in [0, 0.1) is 0 Å². The molecule has 0 aliphatic heterocycles. The maximum absolute atomic E-state index is 13.4. The Hall–Kier alpha value is -1.71. The highest BCUT2D eigenvalue weighted by atomic mass is 35.5. The van der Waals surface area contributed by atoms with E-state index < -0.39 is 28.5 Å². The summed E-state index contributed by atoms with van der Waals surface area (Å²) in [6.45, 7) is 3.35. The lowest BCUT2D eigenvalue weighted by molar-refractivity contribution is -0.139. The zero-order valence-electron chi connectivity index (χ0n) is 18.8. The van der Waals surface area contributed by atoms with Crippen molar-refractivity contribution in [2.24, 2.45) is 0 Å². The predicted molar refractivity (Wildman–Crippen MR) is 138 cm³/mol. The lowest BCUT2D eigenvalue weighted by Gasteiger charge is -2.31. The summed E-state index contributed by atoms with van der Waals surface area (Å²) >= 11 is 24.2. The third-order valence-electron chi connectivity index (χ3n) is 4.87. The molecule has 0 saturated carbocycles. The Kier molecular flexibility index (Phi) is 10.3. The van der Waals surface area contributed by atoms with E-state index in [9.17, 15) is 18.0 Å². The number of anilines is 1. The quantitative estimate of drug-likeness (QED) is 0.436. The van der Waals surface area contributed by atoms with Crippen LogP contribution in [0.15, 0.2) is 36.4 Å². The molecule has 0 aromatic heterocycles. The number of halogens is 4. The minimum absolute atomic E-state index is 0.00430. The van der Waals surface area contributed by atoms with Crippen LogP contribution in [0.1, 0.15) is 25.8 Å². The van der Waals surface area contributed by atoms with Gasteiger partial charge in [0.2, 0.25) is 21.8 Å². The molecule has 0 unspecified atom stereocenters. The molecule has 1 atom stereocenters. The first-order chi connectivity index (χ1) is 15.8. The molecule has 0 spiro atoms. The van der Waals surface area contributed by atoms with E-state index in [0.717, 1.165) is 17.0 Å². The zero-order chi connectivity index (χ0) is 25.6. The normalized spacial score (nSPS) is 12.2. The molecule has 0 saturated heterocycles. The standard InChI is InChI=1S/C22H25Cl4N3O4S/c1-4-7-27-22(31)14(2)28(12-15-5-6-19(25)20(26)8-15)21(30)13-29(34(3,32)33)18-10-16(23)9-17(24)11-18/h5-6,8-11,14H,4,7,12-13H2,1-3H3,(H,27,31)/t14-/m1/s1. The van der Waals surface area contributed by atoms with Crippen LogP contribution in [-0.4, -0.2) is 50.5 Å². The van der Waals surface area contributed by atoms with Crippen LogP contribution in [0.3, 0.4) is 0 Å². The van der Waals surface area contributed by atoms with Gasteiger partial charge in [-0.25, -0.2) is 8.42 Å². The average molecular weight is 569 g/mol. The second-order valence-corrected chi connectivity index (χ2v) is 11.2. The van der Waals surface area contributed by atoms with Crippen molar-refractivity contribution in [2.75, 3.05) is 23.7 Å². The van der Waals surface area contributed by atoms with Gasteiger partial charge in [0.1, 0.15) is 12.6 Å². The molecule has 2 aromatic carbocycles. The summed E-state index contributed by atoms with van der Waals surface area (Å²) in [7, 11) is -3.90. The number of nitrogens with one attached hydrogen (secondary N) is 1. The van der Waals surface area contributed by atoms with E-state index in [1.54, 1.807) is 25.1 Å². The van der Waals surface area contributed by atoms with Gasteiger partial charge in [-0.15, -0.1) is 0 Å². The van der Waals surface area contributed by atoms with E-state index in [1.165, 1.54) is 23.1 Å². The van der Waals surface area contributed by atoms with Gasteiger partial charge in [0.05, 0.1) is 22.0 Å². The van der Waals surface area contributed by atoms with Gasteiger partial charge in [-0.2, -0.15) is 0 Å². The first kappa shape index (κ1) is 28.5. The number of sulfonamides is 1. The Morgan fingerprint density at radius 1 is 1.00 bits per heavy atom. The fourth-order valence-electron chi connectivity index (χ4n) is 3.11. The molecule has 12 heteroatoms. The molecule has 0 aliphatic carbocycles. The van der Waals surface area contributed by atoms with Crippen LogP contribution < -0.4 is 9.62 Å². The lowest BCUT2D eigenvalue weighted by atomic mass is 10.1. The van der Waals surface area contributed by atoms with Crippen molar-refractivity contribution in [3.8, 4) is 0 Å². The molecule has 2 aromatic rings. The van der Waals surface area contributed by atoms with Crippen molar-refractivity contribution in [2.45, 2.75) is 32.9 Å².